The number of nitrogens with one attached hydrogen (secondary N) is 1. The minimum absolute atomic E-state index is 0.0834. The van der Waals surface area contributed by atoms with Gasteiger partial charge in [0.1, 0.15) is 6.54 Å². The Morgan fingerprint density at radius 2 is 1.83 bits per heavy atom. The topological polar surface area (TPSA) is 75.4 Å². The molecule has 0 bridgehead atoms. The lowest BCUT2D eigenvalue weighted by Crippen LogP contribution is -2.46. The molecule has 3 N–H and O–H groups in total. The van der Waals surface area contributed by atoms with E-state index in [9.17, 15) is 22.8 Å². The fourth-order valence-corrected chi connectivity index (χ4v) is 1.89. The summed E-state index contributed by atoms with van der Waals surface area (Å²) in [6.07, 6.45) is -4.20. The van der Waals surface area contributed by atoms with Gasteiger partial charge in [-0.1, -0.05) is 29.8 Å². The summed E-state index contributed by atoms with van der Waals surface area (Å²) in [5, 5.41) is 2.18. The van der Waals surface area contributed by atoms with E-state index in [0.717, 1.165) is 11.1 Å². The number of nitrogens with zero attached hydrogens (tertiary/aromatic N) is 1. The Balaban J connectivity index is 2.65. The van der Waals surface area contributed by atoms with E-state index < -0.39 is 31.1 Å². The van der Waals surface area contributed by atoms with E-state index in [1.54, 1.807) is 0 Å². The fraction of sp³-hybridized carbons (Fsp3) is 0.467. The summed E-state index contributed by atoms with van der Waals surface area (Å²) in [6.45, 7) is -0.352. The van der Waals surface area contributed by atoms with Gasteiger partial charge in [-0.05, 0) is 18.9 Å². The number of halogens is 3. The van der Waals surface area contributed by atoms with Crippen LogP contribution in [0.3, 0.4) is 0 Å². The number of amides is 2. The Hall–Kier alpha value is -2.09. The quantitative estimate of drug-likeness (QED) is 0.783. The number of carbonyl (C=O) groups excluding carboxylic acids is 2. The number of hydrogen-bond acceptors (Lipinski definition) is 3. The fourth-order valence-electron chi connectivity index (χ4n) is 1.89. The van der Waals surface area contributed by atoms with Crippen LogP contribution < -0.4 is 11.1 Å². The molecule has 0 aliphatic heterocycles. The van der Waals surface area contributed by atoms with Gasteiger partial charge in [0.15, 0.2) is 0 Å². The summed E-state index contributed by atoms with van der Waals surface area (Å²) in [4.78, 5) is 23.6. The van der Waals surface area contributed by atoms with Gasteiger partial charge in [0.25, 0.3) is 0 Å². The van der Waals surface area contributed by atoms with Gasteiger partial charge in [0.05, 0.1) is 13.1 Å². The van der Waals surface area contributed by atoms with Crippen molar-refractivity contribution in [2.24, 2.45) is 5.73 Å². The summed E-state index contributed by atoms with van der Waals surface area (Å²) in [6, 6.07) is 7.32. The summed E-state index contributed by atoms with van der Waals surface area (Å²) in [5.74, 6) is -1.39. The zero-order chi connectivity index (χ0) is 17.5. The Morgan fingerprint density at radius 1 is 1.22 bits per heavy atom. The molecule has 0 atom stereocenters. The highest BCUT2D eigenvalue weighted by molar-refractivity contribution is 5.85. The van der Waals surface area contributed by atoms with E-state index in [-0.39, 0.29) is 13.1 Å². The monoisotopic (exact) mass is 331 g/mol. The molecule has 0 heterocycles. The lowest BCUT2D eigenvalue weighted by molar-refractivity contribution is -0.160. The second kappa shape index (κ2) is 8.52. The molecule has 23 heavy (non-hydrogen) atoms. The van der Waals surface area contributed by atoms with Crippen LogP contribution in [0.2, 0.25) is 0 Å². The summed E-state index contributed by atoms with van der Waals surface area (Å²) >= 11 is 0. The van der Waals surface area contributed by atoms with E-state index in [1.165, 1.54) is 0 Å². The van der Waals surface area contributed by atoms with E-state index in [0.29, 0.717) is 11.3 Å². The van der Waals surface area contributed by atoms with Crippen molar-refractivity contribution in [2.45, 2.75) is 19.5 Å². The molecule has 0 spiro atoms. The lowest BCUT2D eigenvalue weighted by atomic mass is 10.1. The van der Waals surface area contributed by atoms with Crippen LogP contribution in [0.5, 0.6) is 0 Å². The van der Waals surface area contributed by atoms with Gasteiger partial charge in [-0.3, -0.25) is 9.59 Å². The van der Waals surface area contributed by atoms with Crippen molar-refractivity contribution in [3.05, 3.63) is 35.4 Å². The largest absolute Gasteiger partial charge is 0.406 e. The molecular weight excluding hydrogens is 311 g/mol. The zero-order valence-electron chi connectivity index (χ0n) is 12.8. The molecule has 0 fully saturated rings. The summed E-state index contributed by atoms with van der Waals surface area (Å²) in [7, 11) is 0. The summed E-state index contributed by atoms with van der Waals surface area (Å²) in [5.41, 5.74) is 6.94. The van der Waals surface area contributed by atoms with E-state index in [2.05, 4.69) is 5.32 Å². The van der Waals surface area contributed by atoms with Gasteiger partial charge in [-0.2, -0.15) is 13.2 Å². The van der Waals surface area contributed by atoms with Crippen molar-refractivity contribution in [3.63, 3.8) is 0 Å². The average Bonchev–Trinajstić information content (AvgIpc) is 2.49. The molecule has 0 saturated carbocycles. The normalized spacial score (nSPS) is 11.2. The van der Waals surface area contributed by atoms with Crippen LogP contribution in [0, 0.1) is 6.92 Å². The molecule has 1 aromatic rings. The second-order valence-corrected chi connectivity index (χ2v) is 5.15. The van der Waals surface area contributed by atoms with Crippen LogP contribution in [0.1, 0.15) is 11.1 Å². The molecule has 8 heteroatoms. The first kappa shape index (κ1) is 19.0. The van der Waals surface area contributed by atoms with Crippen LogP contribution in [-0.2, 0) is 16.0 Å². The predicted octanol–water partition coefficient (Wildman–Crippen LogP) is 1.00. The summed E-state index contributed by atoms with van der Waals surface area (Å²) < 4.78 is 37.8. The van der Waals surface area contributed by atoms with Crippen molar-refractivity contribution < 1.29 is 22.8 Å². The first-order chi connectivity index (χ1) is 10.7. The zero-order valence-corrected chi connectivity index (χ0v) is 12.8. The molecule has 1 rings (SSSR count). The highest BCUT2D eigenvalue weighted by Gasteiger charge is 2.32. The van der Waals surface area contributed by atoms with Crippen molar-refractivity contribution in [1.82, 2.24) is 10.2 Å². The van der Waals surface area contributed by atoms with Crippen molar-refractivity contribution >= 4 is 11.8 Å². The second-order valence-electron chi connectivity index (χ2n) is 5.15. The molecule has 0 unspecified atom stereocenters. The lowest BCUT2D eigenvalue weighted by Gasteiger charge is -2.24. The van der Waals surface area contributed by atoms with Gasteiger partial charge in [0.2, 0.25) is 11.8 Å². The number of benzene rings is 1. The molecule has 0 aliphatic rings. The average molecular weight is 331 g/mol. The van der Waals surface area contributed by atoms with Gasteiger partial charge < -0.3 is 16.0 Å². The number of hydrogen-bond donors (Lipinski definition) is 2. The third-order valence-corrected chi connectivity index (χ3v) is 3.14. The molecular formula is C15H20F3N3O2. The van der Waals surface area contributed by atoms with Crippen LogP contribution in [0.15, 0.2) is 24.3 Å². The Labute approximate surface area is 132 Å². The van der Waals surface area contributed by atoms with E-state index in [4.69, 9.17) is 5.73 Å². The maximum Gasteiger partial charge on any atom is 0.406 e. The molecule has 0 radical (unpaired) electrons. The van der Waals surface area contributed by atoms with Crippen molar-refractivity contribution in [2.75, 3.05) is 26.2 Å². The van der Waals surface area contributed by atoms with E-state index >= 15 is 0 Å². The molecule has 5 nitrogen and oxygen atoms in total. The van der Waals surface area contributed by atoms with Gasteiger partial charge >= 0.3 is 6.18 Å². The third-order valence-electron chi connectivity index (χ3n) is 3.14. The predicted molar refractivity (Wildman–Crippen MR) is 79.6 cm³/mol. The highest BCUT2D eigenvalue weighted by atomic mass is 19.4. The molecule has 0 aromatic heterocycles. The number of nitrogens with two attached hydrogens (primary N) is 1. The molecule has 2 amide bonds. The third kappa shape index (κ3) is 7.64. The van der Waals surface area contributed by atoms with Crippen molar-refractivity contribution in [1.29, 1.82) is 0 Å². The minimum Gasteiger partial charge on any atom is -0.346 e. The highest BCUT2D eigenvalue weighted by Crippen LogP contribution is 2.17. The number of carbonyl (C=O) groups is 2. The first-order valence-corrected chi connectivity index (χ1v) is 7.08. The van der Waals surface area contributed by atoms with Crippen molar-refractivity contribution in [3.8, 4) is 0 Å². The Bertz CT molecular complexity index is 530. The van der Waals surface area contributed by atoms with Gasteiger partial charge in [0, 0.05) is 6.54 Å². The van der Waals surface area contributed by atoms with Crippen LogP contribution >= 0.6 is 0 Å². The Morgan fingerprint density at radius 3 is 2.35 bits per heavy atom. The number of alkyl halides is 3. The Kier molecular flexibility index (Phi) is 7.02. The number of aryl methyl sites for hydroxylation is 1. The van der Waals surface area contributed by atoms with Crippen LogP contribution in [0.4, 0.5) is 13.2 Å². The standard InChI is InChI=1S/C15H20F3N3O2/c1-11-2-4-12(5-3-11)6-7-21(10-15(16,17)18)14(23)9-20-13(22)8-19/h2-5H,6-10,19H2,1H3,(H,20,22). The maximum absolute atomic E-state index is 12.6. The van der Waals surface area contributed by atoms with Crippen LogP contribution in [-0.4, -0.2) is 49.1 Å². The maximum atomic E-state index is 12.6. The molecule has 1 aromatic carbocycles. The molecule has 128 valence electrons. The smallest absolute Gasteiger partial charge is 0.346 e. The minimum atomic E-state index is -4.50. The van der Waals surface area contributed by atoms with Gasteiger partial charge in [-0.25, -0.2) is 0 Å². The van der Waals surface area contributed by atoms with Gasteiger partial charge in [-0.15, -0.1) is 0 Å². The number of rotatable bonds is 7. The molecule has 0 aliphatic carbocycles. The SMILES string of the molecule is Cc1ccc(CCN(CC(F)(F)F)C(=O)CNC(=O)CN)cc1. The molecule has 0 saturated heterocycles. The first-order valence-electron chi connectivity index (χ1n) is 7.08. The van der Waals surface area contributed by atoms with Crippen LogP contribution in [0.25, 0.3) is 0 Å². The van der Waals surface area contributed by atoms with E-state index in [1.807, 2.05) is 31.2 Å².